The second-order valence-corrected chi connectivity index (χ2v) is 12.3. The largest absolute Gasteiger partial charge is 0.447 e. The van der Waals surface area contributed by atoms with Crippen LogP contribution in [0.5, 0.6) is 0 Å². The SMILES string of the molecule is CNC1(C(F)(F)F)OC(=O)Nc2ccc(Cl)cc21.N#Cc1cccc(S(=O)(=O)NCC2(C(F)(F)F)OC(=O)Nc3ccc(Cl)cc32)c1. The van der Waals surface area contributed by atoms with Gasteiger partial charge in [-0.2, -0.15) is 31.6 Å². The molecule has 3 aromatic carbocycles. The van der Waals surface area contributed by atoms with Gasteiger partial charge in [0, 0.05) is 21.2 Å². The van der Waals surface area contributed by atoms with Crippen LogP contribution in [-0.2, 0) is 30.8 Å². The van der Waals surface area contributed by atoms with Gasteiger partial charge in [-0.05, 0) is 61.6 Å². The van der Waals surface area contributed by atoms with Crippen LogP contribution in [0.4, 0.5) is 47.3 Å². The third kappa shape index (κ3) is 6.89. The number of carbonyl (C=O) groups excluding carboxylic acids is 2. The number of nitrogens with zero attached hydrogens (tertiary/aromatic N) is 1. The first-order valence-corrected chi connectivity index (χ1v) is 14.9. The lowest BCUT2D eigenvalue weighted by Crippen LogP contribution is -2.58. The van der Waals surface area contributed by atoms with Crippen LogP contribution in [0.15, 0.2) is 65.6 Å². The highest BCUT2D eigenvalue weighted by Crippen LogP contribution is 2.48. The molecule has 0 aromatic heterocycles. The predicted molar refractivity (Wildman–Crippen MR) is 154 cm³/mol. The molecular weight excluding hydrogens is 707 g/mol. The van der Waals surface area contributed by atoms with Gasteiger partial charge in [0.1, 0.15) is 0 Å². The maximum atomic E-state index is 14.1. The summed E-state index contributed by atoms with van der Waals surface area (Å²) in [7, 11) is -3.41. The van der Waals surface area contributed by atoms with E-state index in [9.17, 15) is 44.3 Å². The van der Waals surface area contributed by atoms with Crippen molar-refractivity contribution in [3.05, 3.63) is 87.4 Å². The van der Waals surface area contributed by atoms with E-state index in [0.717, 1.165) is 37.4 Å². The molecule has 2 aliphatic rings. The van der Waals surface area contributed by atoms with Crippen molar-refractivity contribution in [3.8, 4) is 6.07 Å². The summed E-state index contributed by atoms with van der Waals surface area (Å²) in [4.78, 5) is 22.6. The molecule has 0 saturated carbocycles. The monoisotopic (exact) mass is 725 g/mol. The first-order chi connectivity index (χ1) is 21.8. The Hall–Kier alpha value is -4.28. The zero-order chi connectivity index (χ0) is 35.0. The number of alkyl halides is 6. The van der Waals surface area contributed by atoms with Gasteiger partial charge in [0.25, 0.3) is 5.72 Å². The molecule has 0 radical (unpaired) electrons. The second-order valence-electron chi connectivity index (χ2n) is 9.63. The van der Waals surface area contributed by atoms with Gasteiger partial charge in [-0.25, -0.2) is 22.7 Å². The first kappa shape index (κ1) is 35.6. The summed E-state index contributed by atoms with van der Waals surface area (Å²) in [6.07, 6.45) is -12.6. The number of amides is 2. The molecule has 2 unspecified atom stereocenters. The normalized spacial score (nSPS) is 20.5. The molecule has 250 valence electrons. The zero-order valence-electron chi connectivity index (χ0n) is 23.3. The highest BCUT2D eigenvalue weighted by molar-refractivity contribution is 7.89. The van der Waals surface area contributed by atoms with Gasteiger partial charge in [-0.15, -0.1) is 0 Å². The number of sulfonamides is 1. The number of benzene rings is 3. The average molecular weight is 726 g/mol. The van der Waals surface area contributed by atoms with Gasteiger partial charge in [0.15, 0.2) is 0 Å². The number of rotatable bonds is 5. The second kappa shape index (κ2) is 12.7. The van der Waals surface area contributed by atoms with Crippen LogP contribution >= 0.6 is 23.2 Å². The Bertz CT molecular complexity index is 1890. The van der Waals surface area contributed by atoms with Gasteiger partial charge in [-0.3, -0.25) is 16.0 Å². The molecule has 4 N–H and O–H groups in total. The van der Waals surface area contributed by atoms with Crippen LogP contribution in [0.25, 0.3) is 0 Å². The lowest BCUT2D eigenvalue weighted by Gasteiger charge is -2.39. The smallest absolute Gasteiger partial charge is 0.426 e. The predicted octanol–water partition coefficient (Wildman–Crippen LogP) is 6.35. The van der Waals surface area contributed by atoms with Crippen molar-refractivity contribution in [1.29, 1.82) is 5.26 Å². The number of cyclic esters (lactones) is 2. The van der Waals surface area contributed by atoms with Crippen molar-refractivity contribution in [2.24, 2.45) is 0 Å². The summed E-state index contributed by atoms with van der Waals surface area (Å²) in [5.74, 6) is 0. The minimum atomic E-state index is -5.18. The van der Waals surface area contributed by atoms with Crippen molar-refractivity contribution < 1.29 is 53.8 Å². The minimum Gasteiger partial charge on any atom is -0.426 e. The molecule has 0 spiro atoms. The van der Waals surface area contributed by atoms with Crippen LogP contribution in [0.3, 0.4) is 0 Å². The quantitative estimate of drug-likeness (QED) is 0.222. The fourth-order valence-corrected chi connectivity index (χ4v) is 5.99. The maximum Gasteiger partial charge on any atom is 0.447 e. The number of hydrogen-bond acceptors (Lipinski definition) is 8. The summed E-state index contributed by atoms with van der Waals surface area (Å²) in [5, 5.41) is 15.2. The van der Waals surface area contributed by atoms with Crippen molar-refractivity contribution in [1.82, 2.24) is 10.0 Å². The summed E-state index contributed by atoms with van der Waals surface area (Å²) >= 11 is 11.5. The van der Waals surface area contributed by atoms with Crippen molar-refractivity contribution in [3.63, 3.8) is 0 Å². The van der Waals surface area contributed by atoms with Gasteiger partial charge in [-0.1, -0.05) is 29.3 Å². The number of fused-ring (bicyclic) bond motifs is 2. The Labute approximate surface area is 271 Å². The van der Waals surface area contributed by atoms with E-state index in [4.69, 9.17) is 28.5 Å². The van der Waals surface area contributed by atoms with Gasteiger partial charge in [0.2, 0.25) is 15.6 Å². The van der Waals surface area contributed by atoms with Crippen molar-refractivity contribution >= 4 is 56.8 Å². The number of ether oxygens (including phenoxy) is 2. The molecular formula is C27H19Cl2F6N5O6S. The molecule has 2 aliphatic heterocycles. The van der Waals surface area contributed by atoms with Gasteiger partial charge >= 0.3 is 24.5 Å². The van der Waals surface area contributed by atoms with E-state index in [1.807, 2.05) is 10.0 Å². The Morgan fingerprint density at radius 1 is 0.851 bits per heavy atom. The minimum absolute atomic E-state index is 0.00215. The van der Waals surface area contributed by atoms with E-state index in [1.165, 1.54) is 30.3 Å². The molecule has 3 aromatic rings. The van der Waals surface area contributed by atoms with E-state index >= 15 is 0 Å². The molecule has 47 heavy (non-hydrogen) atoms. The third-order valence-electron chi connectivity index (χ3n) is 6.76. The van der Waals surface area contributed by atoms with Crippen molar-refractivity contribution in [2.75, 3.05) is 24.2 Å². The maximum absolute atomic E-state index is 14.1. The fraction of sp³-hybridized carbons (Fsp3) is 0.222. The molecule has 20 heteroatoms. The van der Waals surface area contributed by atoms with E-state index in [1.54, 1.807) is 6.07 Å². The molecule has 5 rings (SSSR count). The van der Waals surface area contributed by atoms with E-state index < -0.39 is 62.9 Å². The number of hydrogen-bond donors (Lipinski definition) is 4. The topological polar surface area (TPSA) is 159 Å². The van der Waals surface area contributed by atoms with Crippen LogP contribution < -0.4 is 20.7 Å². The molecule has 11 nitrogen and oxygen atoms in total. The molecule has 0 fully saturated rings. The standard InChI is InChI=1S/C17H11ClF3N3O4S.C10H8ClF3N2O2/c18-11-4-5-14-13(7-11)16(17(19,20)21,28-15(25)24-14)9-23-29(26,27)12-3-1-2-10(6-12)8-22;1-15-9(10(12,13)14)6-4-5(11)2-3-7(6)16-8(17)18-9/h1-7,23H,9H2,(H,24,25);2-4,15H,1H3,(H,16,17). The number of nitrogens with one attached hydrogen (secondary N) is 4. The molecule has 0 saturated heterocycles. The molecule has 0 aliphatic carbocycles. The summed E-state index contributed by atoms with van der Waals surface area (Å²) in [5.41, 5.74) is -7.25. The fourth-order valence-electron chi connectivity index (χ4n) is 4.55. The van der Waals surface area contributed by atoms with Crippen LogP contribution in [0, 0.1) is 11.3 Å². The van der Waals surface area contributed by atoms with Crippen LogP contribution in [0.2, 0.25) is 10.0 Å². The Balaban J connectivity index is 0.000000238. The zero-order valence-corrected chi connectivity index (χ0v) is 25.6. The molecule has 2 heterocycles. The summed E-state index contributed by atoms with van der Waals surface area (Å²) in [6, 6.07) is 13.6. The highest BCUT2D eigenvalue weighted by Gasteiger charge is 2.63. The molecule has 0 bridgehead atoms. The number of carbonyl (C=O) groups is 2. The molecule has 2 amide bonds. The van der Waals surface area contributed by atoms with Crippen molar-refractivity contribution in [2.45, 2.75) is 28.6 Å². The average Bonchev–Trinajstić information content (AvgIpc) is 2.99. The van der Waals surface area contributed by atoms with E-state index in [0.29, 0.717) is 0 Å². The van der Waals surface area contributed by atoms with Crippen LogP contribution in [0.1, 0.15) is 16.7 Å². The first-order valence-electron chi connectivity index (χ1n) is 12.7. The van der Waals surface area contributed by atoms with Crippen LogP contribution in [-0.4, -0.2) is 46.5 Å². The lowest BCUT2D eigenvalue weighted by molar-refractivity contribution is -0.275. The summed E-state index contributed by atoms with van der Waals surface area (Å²) < 4.78 is 117. The number of anilines is 2. The highest BCUT2D eigenvalue weighted by atomic mass is 35.5. The van der Waals surface area contributed by atoms with Gasteiger partial charge < -0.3 is 9.47 Å². The Kier molecular flexibility index (Phi) is 9.63. The van der Waals surface area contributed by atoms with E-state index in [-0.39, 0.29) is 32.5 Å². The number of nitriles is 1. The third-order valence-corrected chi connectivity index (χ3v) is 8.63. The lowest BCUT2D eigenvalue weighted by atomic mass is 9.90. The van der Waals surface area contributed by atoms with Gasteiger partial charge in [0.05, 0.1) is 34.4 Å². The Morgan fingerprint density at radius 2 is 1.40 bits per heavy atom. The number of halogens is 8. The molecule has 2 atom stereocenters. The Morgan fingerprint density at radius 3 is 1.94 bits per heavy atom. The van der Waals surface area contributed by atoms with E-state index in [2.05, 4.69) is 20.1 Å². The summed E-state index contributed by atoms with van der Waals surface area (Å²) in [6.45, 7) is -1.34.